The van der Waals surface area contributed by atoms with Gasteiger partial charge in [0.1, 0.15) is 5.75 Å². The molecule has 1 aromatic rings. The first-order valence-electron chi connectivity index (χ1n) is 5.98. The Morgan fingerprint density at radius 3 is 3.18 bits per heavy atom. The monoisotopic (exact) mass is 235 g/mol. The first kappa shape index (κ1) is 12.0. The molecule has 0 bridgehead atoms. The molecule has 17 heavy (non-hydrogen) atoms. The molecule has 1 unspecified atom stereocenters. The summed E-state index contributed by atoms with van der Waals surface area (Å²) in [6.45, 7) is 3.96. The van der Waals surface area contributed by atoms with Gasteiger partial charge in [0, 0.05) is 31.4 Å². The lowest BCUT2D eigenvalue weighted by Crippen LogP contribution is -2.09. The third kappa shape index (κ3) is 3.27. The average Bonchev–Trinajstić information content (AvgIpc) is 2.83. The van der Waals surface area contributed by atoms with E-state index in [9.17, 15) is 4.79 Å². The standard InChI is InChI=1S/C13H17NO3/c1-2-17-12-6-11(7-14-8-12)13(15)5-10-3-4-16-9-10/h6-8,10H,2-5,9H2,1H3. The molecule has 1 aromatic heterocycles. The Hall–Kier alpha value is -1.42. The van der Waals surface area contributed by atoms with Gasteiger partial charge in [0.15, 0.2) is 5.78 Å². The highest BCUT2D eigenvalue weighted by atomic mass is 16.5. The first-order valence-corrected chi connectivity index (χ1v) is 5.98. The number of pyridine rings is 1. The second-order valence-electron chi connectivity index (χ2n) is 4.20. The number of hydrogen-bond donors (Lipinski definition) is 0. The van der Waals surface area contributed by atoms with Crippen LogP contribution in [0.5, 0.6) is 5.75 Å². The molecule has 1 saturated heterocycles. The fourth-order valence-corrected chi connectivity index (χ4v) is 1.94. The molecule has 0 N–H and O–H groups in total. The van der Waals surface area contributed by atoms with Crippen molar-refractivity contribution in [3.63, 3.8) is 0 Å². The van der Waals surface area contributed by atoms with Crippen LogP contribution in [-0.2, 0) is 4.74 Å². The van der Waals surface area contributed by atoms with Crippen LogP contribution in [0, 0.1) is 5.92 Å². The Bertz CT molecular complexity index is 386. The van der Waals surface area contributed by atoms with E-state index >= 15 is 0 Å². The second kappa shape index (κ2) is 5.77. The van der Waals surface area contributed by atoms with Gasteiger partial charge in [-0.25, -0.2) is 0 Å². The summed E-state index contributed by atoms with van der Waals surface area (Å²) in [5.41, 5.74) is 0.628. The zero-order chi connectivity index (χ0) is 12.1. The Morgan fingerprint density at radius 2 is 2.47 bits per heavy atom. The number of nitrogens with zero attached hydrogens (tertiary/aromatic N) is 1. The van der Waals surface area contributed by atoms with Gasteiger partial charge in [0.05, 0.1) is 12.8 Å². The van der Waals surface area contributed by atoms with Gasteiger partial charge in [0.2, 0.25) is 0 Å². The minimum absolute atomic E-state index is 0.120. The van der Waals surface area contributed by atoms with Gasteiger partial charge in [-0.3, -0.25) is 9.78 Å². The van der Waals surface area contributed by atoms with Crippen molar-refractivity contribution >= 4 is 5.78 Å². The predicted molar refractivity (Wildman–Crippen MR) is 63.3 cm³/mol. The lowest BCUT2D eigenvalue weighted by Gasteiger charge is -2.07. The van der Waals surface area contributed by atoms with Gasteiger partial charge >= 0.3 is 0 Å². The molecule has 0 amide bonds. The van der Waals surface area contributed by atoms with Gasteiger partial charge in [-0.15, -0.1) is 0 Å². The van der Waals surface area contributed by atoms with Gasteiger partial charge < -0.3 is 9.47 Å². The molecule has 2 rings (SSSR count). The molecular formula is C13H17NO3. The van der Waals surface area contributed by atoms with E-state index in [1.807, 2.05) is 6.92 Å². The maximum Gasteiger partial charge on any atom is 0.164 e. The second-order valence-corrected chi connectivity index (χ2v) is 4.20. The Balaban J connectivity index is 1.99. The minimum Gasteiger partial charge on any atom is -0.492 e. The van der Waals surface area contributed by atoms with Crippen LogP contribution < -0.4 is 4.74 Å². The molecule has 1 aliphatic heterocycles. The van der Waals surface area contributed by atoms with E-state index < -0.39 is 0 Å². The fourth-order valence-electron chi connectivity index (χ4n) is 1.94. The molecule has 0 aromatic carbocycles. The summed E-state index contributed by atoms with van der Waals surface area (Å²) in [4.78, 5) is 16.0. The SMILES string of the molecule is CCOc1cncc(C(=O)CC2CCOC2)c1. The van der Waals surface area contributed by atoms with Crippen LogP contribution in [0.1, 0.15) is 30.1 Å². The number of carbonyl (C=O) groups is 1. The van der Waals surface area contributed by atoms with Crippen LogP contribution in [0.4, 0.5) is 0 Å². The van der Waals surface area contributed by atoms with Gasteiger partial charge in [-0.1, -0.05) is 0 Å². The lowest BCUT2D eigenvalue weighted by atomic mass is 9.98. The Labute approximate surface area is 101 Å². The topological polar surface area (TPSA) is 48.4 Å². The van der Waals surface area contributed by atoms with E-state index in [-0.39, 0.29) is 5.78 Å². The Kier molecular flexibility index (Phi) is 4.09. The lowest BCUT2D eigenvalue weighted by molar-refractivity contribution is 0.0952. The van der Waals surface area contributed by atoms with Crippen LogP contribution in [0.25, 0.3) is 0 Å². The maximum absolute atomic E-state index is 12.0. The number of ketones is 1. The summed E-state index contributed by atoms with van der Waals surface area (Å²) in [7, 11) is 0. The summed E-state index contributed by atoms with van der Waals surface area (Å²) in [5.74, 6) is 1.13. The third-order valence-corrected chi connectivity index (χ3v) is 2.84. The smallest absolute Gasteiger partial charge is 0.164 e. The fraction of sp³-hybridized carbons (Fsp3) is 0.538. The molecule has 0 radical (unpaired) electrons. The molecule has 2 heterocycles. The van der Waals surface area contributed by atoms with Gasteiger partial charge in [-0.05, 0) is 25.3 Å². The number of Topliss-reactive ketones (excluding diaryl/α,β-unsaturated/α-hetero) is 1. The highest BCUT2D eigenvalue weighted by Gasteiger charge is 2.20. The molecule has 92 valence electrons. The van der Waals surface area contributed by atoms with Crippen molar-refractivity contribution in [2.75, 3.05) is 19.8 Å². The van der Waals surface area contributed by atoms with E-state index in [4.69, 9.17) is 9.47 Å². The summed E-state index contributed by atoms with van der Waals surface area (Å²) >= 11 is 0. The normalized spacial score (nSPS) is 19.2. The minimum atomic E-state index is 0.120. The molecule has 1 atom stereocenters. The van der Waals surface area contributed by atoms with Crippen molar-refractivity contribution in [3.8, 4) is 5.75 Å². The molecule has 1 fully saturated rings. The predicted octanol–water partition coefficient (Wildman–Crippen LogP) is 2.09. The summed E-state index contributed by atoms with van der Waals surface area (Å²) in [6, 6.07) is 1.76. The highest BCUT2D eigenvalue weighted by molar-refractivity contribution is 5.96. The van der Waals surface area contributed by atoms with E-state index in [0.29, 0.717) is 36.9 Å². The number of aromatic nitrogens is 1. The van der Waals surface area contributed by atoms with Crippen LogP contribution in [0.15, 0.2) is 18.5 Å². The quantitative estimate of drug-likeness (QED) is 0.733. The molecule has 1 aliphatic rings. The van der Waals surface area contributed by atoms with Crippen molar-refractivity contribution in [2.24, 2.45) is 5.92 Å². The molecule has 0 aliphatic carbocycles. The average molecular weight is 235 g/mol. The maximum atomic E-state index is 12.0. The zero-order valence-electron chi connectivity index (χ0n) is 10.0. The van der Waals surface area contributed by atoms with E-state index in [0.717, 1.165) is 13.0 Å². The highest BCUT2D eigenvalue weighted by Crippen LogP contribution is 2.20. The van der Waals surface area contributed by atoms with Crippen molar-refractivity contribution in [3.05, 3.63) is 24.0 Å². The third-order valence-electron chi connectivity index (χ3n) is 2.84. The van der Waals surface area contributed by atoms with Crippen molar-refractivity contribution in [1.82, 2.24) is 4.98 Å². The van der Waals surface area contributed by atoms with Gasteiger partial charge in [-0.2, -0.15) is 0 Å². The van der Waals surface area contributed by atoms with Gasteiger partial charge in [0.25, 0.3) is 0 Å². The number of rotatable bonds is 5. The molecule has 4 heteroatoms. The number of ether oxygens (including phenoxy) is 2. The van der Waals surface area contributed by atoms with Crippen molar-refractivity contribution in [1.29, 1.82) is 0 Å². The van der Waals surface area contributed by atoms with Crippen LogP contribution in [-0.4, -0.2) is 30.6 Å². The molecule has 4 nitrogen and oxygen atoms in total. The molecular weight excluding hydrogens is 218 g/mol. The largest absolute Gasteiger partial charge is 0.492 e. The van der Waals surface area contributed by atoms with Crippen LogP contribution in [0.3, 0.4) is 0 Å². The van der Waals surface area contributed by atoms with Crippen molar-refractivity contribution in [2.45, 2.75) is 19.8 Å². The van der Waals surface area contributed by atoms with E-state index in [1.54, 1.807) is 18.5 Å². The van der Waals surface area contributed by atoms with Crippen LogP contribution in [0.2, 0.25) is 0 Å². The molecule has 0 spiro atoms. The van der Waals surface area contributed by atoms with Crippen LogP contribution >= 0.6 is 0 Å². The summed E-state index contributed by atoms with van der Waals surface area (Å²) in [6.07, 6.45) is 4.74. The van der Waals surface area contributed by atoms with E-state index in [1.165, 1.54) is 0 Å². The molecule has 0 saturated carbocycles. The number of hydrogen-bond acceptors (Lipinski definition) is 4. The number of carbonyl (C=O) groups excluding carboxylic acids is 1. The first-order chi connectivity index (χ1) is 8.29. The summed E-state index contributed by atoms with van der Waals surface area (Å²) in [5, 5.41) is 0. The Morgan fingerprint density at radius 1 is 1.59 bits per heavy atom. The summed E-state index contributed by atoms with van der Waals surface area (Å²) < 4.78 is 10.6. The van der Waals surface area contributed by atoms with E-state index in [2.05, 4.69) is 4.98 Å². The van der Waals surface area contributed by atoms with Crippen molar-refractivity contribution < 1.29 is 14.3 Å². The zero-order valence-corrected chi connectivity index (χ0v) is 10.0.